The van der Waals surface area contributed by atoms with E-state index in [1.54, 1.807) is 59.7 Å². The molecule has 129 heavy (non-hydrogen) atoms. The number of amides is 6. The summed E-state index contributed by atoms with van der Waals surface area (Å²) in [6.45, 7) is 14.9. The van der Waals surface area contributed by atoms with Crippen LogP contribution < -0.4 is 55.6 Å². The number of halogens is 9. The largest absolute Gasteiger partial charge is 0.493 e. The molecular formula is C95H106F9N9O14Si2. The van der Waals surface area contributed by atoms with Gasteiger partial charge in [-0.15, -0.1) is 0 Å². The van der Waals surface area contributed by atoms with Gasteiger partial charge in [-0.2, -0.15) is 39.5 Å². The van der Waals surface area contributed by atoms with Crippen molar-refractivity contribution >= 4 is 74.4 Å². The second-order valence-corrected chi connectivity index (χ2v) is 42.1. The van der Waals surface area contributed by atoms with Crippen molar-refractivity contribution in [3.8, 4) is 40.1 Å². The first-order chi connectivity index (χ1) is 61.4. The molecule has 0 atom stereocenters. The normalized spacial score (nSPS) is 11.9. The number of rotatable bonds is 32. The Morgan fingerprint density at radius 3 is 1.22 bits per heavy atom. The van der Waals surface area contributed by atoms with Gasteiger partial charge in [0.25, 0.3) is 23.6 Å². The quantitative estimate of drug-likeness (QED) is 0.0130. The number of hydrogen-bond donors (Lipinski definition) is 6. The fraction of sp³-hybridized carbons (Fsp3) is 0.284. The number of ketones is 1. The number of carbonyl (C=O) groups excluding carboxylic acids is 7. The predicted molar refractivity (Wildman–Crippen MR) is 481 cm³/mol. The van der Waals surface area contributed by atoms with E-state index >= 15 is 0 Å². The minimum Gasteiger partial charge on any atom is -0.493 e. The summed E-state index contributed by atoms with van der Waals surface area (Å²) in [6, 6.07) is 65.4. The van der Waals surface area contributed by atoms with Gasteiger partial charge in [0.05, 0.1) is 76.0 Å². The number of hydrogen-bond acceptors (Lipinski definition) is 15. The molecule has 686 valence electrons. The van der Waals surface area contributed by atoms with Gasteiger partial charge in [0.1, 0.15) is 30.5 Å². The Morgan fingerprint density at radius 2 is 0.798 bits per heavy atom. The molecule has 6 N–H and O–H groups in total. The van der Waals surface area contributed by atoms with Gasteiger partial charge in [0, 0.05) is 60.6 Å². The van der Waals surface area contributed by atoms with E-state index in [0.29, 0.717) is 36.3 Å². The van der Waals surface area contributed by atoms with Gasteiger partial charge in [-0.05, 0) is 158 Å². The Labute approximate surface area is 745 Å². The first-order valence-electron chi connectivity index (χ1n) is 40.9. The van der Waals surface area contributed by atoms with E-state index < -0.39 is 88.9 Å². The number of imidazole rings is 1. The van der Waals surface area contributed by atoms with Crippen LogP contribution in [0.5, 0.6) is 28.7 Å². The van der Waals surface area contributed by atoms with Crippen molar-refractivity contribution < 1.29 is 106 Å². The molecule has 0 unspecified atom stereocenters. The Hall–Kier alpha value is -13.3. The van der Waals surface area contributed by atoms with Crippen LogP contribution in [0, 0.1) is 0 Å². The van der Waals surface area contributed by atoms with E-state index in [1.165, 1.54) is 100 Å². The molecule has 11 aromatic rings. The van der Waals surface area contributed by atoms with Crippen LogP contribution >= 0.6 is 0 Å². The summed E-state index contributed by atoms with van der Waals surface area (Å²) in [6.07, 6.45) is 3.04. The predicted octanol–water partition coefficient (Wildman–Crippen LogP) is 19.3. The van der Waals surface area contributed by atoms with Crippen molar-refractivity contribution in [2.45, 2.75) is 116 Å². The molecular weight excluding hydrogens is 1720 g/mol. The number of para-hydroxylation sites is 4. The standard InChI is InChI=1S/C19H15F3N2O2.C18H14F3N3O2.C18H16F3NO4.C15H21NO2.C13H21NO2Si.C12H19NO2Si/c20-19(21,22)16-5-1-2-6-17(16)23-18(25)13-26-15-9-7-14(8-10-15)24-11-3-4-12-24;19-18(20,21)15-3-1-2-4-16(15)23-17(25)11-26-14-7-5-13(6-8-14)24-10-9-22-12-24;1-11(23)12-7-8-15(16(9-12)25-2)26-10-17(24)22-14-6-4-3-5-13(14)18(19,20)21;17-15(12-18-14-9-5-2-6-10-14)16-11-13-7-3-1-4-8-13;1-17(2,3)11-14-13(15)10-16-9-12-7-5-4-6-8-12;1-16(2,3)10-13-12(14)9-15-11-7-5-4-6-8-11/h1-12H,13H2,(H,23,25);1-10,12H,11H2,(H,23,25);3-9H,10H2,1-2H3,(H,22,24);1,3-4,7-8,14H,2,5-6,9-12H2,(H,16,17);4-8H,9-11H2,1-3H3,(H,14,15);4-8H,9-10H2,1-3H3,(H,13,14). The molecule has 9 aromatic carbocycles. The second kappa shape index (κ2) is 52.1. The number of benzene rings is 9. The molecule has 1 fully saturated rings. The summed E-state index contributed by atoms with van der Waals surface area (Å²) in [4.78, 5) is 85.6. The molecule has 0 radical (unpaired) electrons. The summed E-state index contributed by atoms with van der Waals surface area (Å²) in [7, 11) is -1.06. The average molecular weight is 1830 g/mol. The summed E-state index contributed by atoms with van der Waals surface area (Å²) in [5.74, 6) is -0.358. The van der Waals surface area contributed by atoms with Gasteiger partial charge >= 0.3 is 18.5 Å². The van der Waals surface area contributed by atoms with E-state index in [1.807, 2.05) is 132 Å². The number of carbonyl (C=O) groups is 7. The molecule has 2 heterocycles. The van der Waals surface area contributed by atoms with Gasteiger partial charge in [-0.1, -0.05) is 174 Å². The van der Waals surface area contributed by atoms with Crippen molar-refractivity contribution in [2.24, 2.45) is 0 Å². The average Bonchev–Trinajstić information content (AvgIpc) is 1.32. The van der Waals surface area contributed by atoms with Gasteiger partial charge in [0.15, 0.2) is 43.7 Å². The van der Waals surface area contributed by atoms with Gasteiger partial charge in [0.2, 0.25) is 11.8 Å². The Bertz CT molecular complexity index is 5090. The zero-order valence-electron chi connectivity index (χ0n) is 72.6. The van der Waals surface area contributed by atoms with Gasteiger partial charge in [-0.25, -0.2) is 4.98 Å². The Morgan fingerprint density at radius 1 is 0.403 bits per heavy atom. The minimum atomic E-state index is -4.59. The maximum atomic E-state index is 12.9. The Kier molecular flexibility index (Phi) is 41.5. The number of Topliss-reactive ketones (excluding diaryl/α,β-unsaturated/α-hetero) is 1. The lowest BCUT2D eigenvalue weighted by Gasteiger charge is -2.21. The summed E-state index contributed by atoms with van der Waals surface area (Å²) in [5.41, 5.74) is 0.684. The van der Waals surface area contributed by atoms with Crippen molar-refractivity contribution in [1.29, 1.82) is 0 Å². The SMILES string of the molecule is COc1cc(C(C)=O)ccc1OCC(=O)Nc1ccccc1C(F)(F)F.C[Si](C)(C)CNC(=O)COCc1ccccc1.C[Si](C)(C)CNC(=O)COc1ccccc1.O=C(COC1CCCCC1)NCc1ccccc1.O=C(COc1ccc(-n2cccc2)cc1)Nc1ccccc1C(F)(F)F.O=C(COc1ccc(-n2ccnc2)cc1)Nc1ccccc1C(F)(F)F. The Balaban J connectivity index is 0.000000214. The lowest BCUT2D eigenvalue weighted by Crippen LogP contribution is -2.41. The third-order valence-corrected chi connectivity index (χ3v) is 20.5. The molecule has 1 saturated carbocycles. The van der Waals surface area contributed by atoms with Crippen molar-refractivity contribution in [3.63, 3.8) is 0 Å². The van der Waals surface area contributed by atoms with E-state index in [9.17, 15) is 73.1 Å². The van der Waals surface area contributed by atoms with Crippen LogP contribution in [0.15, 0.2) is 274 Å². The van der Waals surface area contributed by atoms with Crippen molar-refractivity contribution in [3.05, 3.63) is 307 Å². The van der Waals surface area contributed by atoms with E-state index in [4.69, 9.17) is 33.2 Å². The molecule has 23 nitrogen and oxygen atoms in total. The molecule has 34 heteroatoms. The number of alkyl halides is 9. The van der Waals surface area contributed by atoms with E-state index in [0.717, 1.165) is 77.7 Å². The highest BCUT2D eigenvalue weighted by Gasteiger charge is 2.36. The fourth-order valence-electron chi connectivity index (χ4n) is 11.5. The molecule has 1 aliphatic rings. The first kappa shape index (κ1) is 103. The number of nitrogens with zero attached hydrogens (tertiary/aromatic N) is 3. The smallest absolute Gasteiger partial charge is 0.418 e. The molecule has 0 spiro atoms. The van der Waals surface area contributed by atoms with Crippen LogP contribution in [-0.2, 0) is 69.9 Å². The maximum absolute atomic E-state index is 12.9. The third kappa shape index (κ3) is 40.0. The van der Waals surface area contributed by atoms with Crippen molar-refractivity contribution in [1.82, 2.24) is 30.1 Å². The number of aromatic nitrogens is 3. The fourth-order valence-corrected chi connectivity index (χ4v) is 12.9. The lowest BCUT2D eigenvalue weighted by molar-refractivity contribution is -0.138. The summed E-state index contributed by atoms with van der Waals surface area (Å²) in [5, 5.41) is 15.3. The zero-order chi connectivity index (χ0) is 93.8. The van der Waals surface area contributed by atoms with Crippen LogP contribution in [-0.4, -0.2) is 137 Å². The molecule has 0 aliphatic heterocycles. The molecule has 6 amide bonds. The molecule has 1 aliphatic carbocycles. The summed E-state index contributed by atoms with van der Waals surface area (Å²) >= 11 is 0. The minimum absolute atomic E-state index is 0.0237. The maximum Gasteiger partial charge on any atom is 0.418 e. The highest BCUT2D eigenvalue weighted by atomic mass is 28.3. The number of methoxy groups -OCH3 is 1. The number of nitrogens with one attached hydrogen (secondary N) is 6. The number of anilines is 3. The van der Waals surface area contributed by atoms with Gasteiger partial charge in [-0.3, -0.25) is 33.6 Å². The van der Waals surface area contributed by atoms with Crippen LogP contribution in [0.25, 0.3) is 11.4 Å². The lowest BCUT2D eigenvalue weighted by atomic mass is 9.98. The van der Waals surface area contributed by atoms with Gasteiger partial charge < -0.3 is 74.2 Å². The van der Waals surface area contributed by atoms with Crippen LogP contribution in [0.2, 0.25) is 39.3 Å². The van der Waals surface area contributed by atoms with Crippen LogP contribution in [0.3, 0.4) is 0 Å². The molecule has 12 rings (SSSR count). The topological polar surface area (TPSA) is 279 Å². The second-order valence-electron chi connectivity index (χ2n) is 31.2. The summed E-state index contributed by atoms with van der Waals surface area (Å²) < 4.78 is 157. The third-order valence-electron chi connectivity index (χ3n) is 18.0. The monoisotopic (exact) mass is 1820 g/mol. The zero-order valence-corrected chi connectivity index (χ0v) is 74.6. The van der Waals surface area contributed by atoms with E-state index in [2.05, 4.69) is 76.2 Å². The first-order valence-corrected chi connectivity index (χ1v) is 48.3. The molecule has 0 saturated heterocycles. The van der Waals surface area contributed by atoms with Crippen molar-refractivity contribution in [2.75, 3.05) is 75.0 Å². The van der Waals surface area contributed by atoms with Crippen LogP contribution in [0.4, 0.5) is 56.6 Å². The highest BCUT2D eigenvalue weighted by molar-refractivity contribution is 6.76. The highest BCUT2D eigenvalue weighted by Crippen LogP contribution is 2.38. The van der Waals surface area contributed by atoms with E-state index in [-0.39, 0.29) is 71.9 Å². The number of ether oxygens (including phenoxy) is 7. The molecule has 2 aromatic heterocycles. The molecule has 0 bridgehead atoms. The van der Waals surface area contributed by atoms with Crippen LogP contribution in [0.1, 0.15) is 77.2 Å².